The van der Waals surface area contributed by atoms with Crippen molar-refractivity contribution in [2.24, 2.45) is 0 Å². The maximum atomic E-state index is 4.98. The summed E-state index contributed by atoms with van der Waals surface area (Å²) in [5.41, 5.74) is 6.30. The normalized spacial score (nSPS) is 17.8. The Balaban J connectivity index is 1.60. The molecule has 0 N–H and O–H groups in total. The van der Waals surface area contributed by atoms with Crippen LogP contribution in [-0.2, 0) is 19.3 Å². The van der Waals surface area contributed by atoms with Gasteiger partial charge in [0.1, 0.15) is 11.5 Å². The Morgan fingerprint density at radius 3 is 2.73 bits per heavy atom. The topological polar surface area (TPSA) is 41.9 Å². The minimum Gasteiger partial charge on any atom is -0.352 e. The third-order valence-electron chi connectivity index (χ3n) is 5.71. The van der Waals surface area contributed by atoms with E-state index in [2.05, 4.69) is 41.2 Å². The van der Waals surface area contributed by atoms with Gasteiger partial charge in [0.25, 0.3) is 0 Å². The first-order chi connectivity index (χ1) is 12.8. The number of hydrogen-bond donors (Lipinski definition) is 0. The van der Waals surface area contributed by atoms with Gasteiger partial charge in [-0.05, 0) is 55.4 Å². The molecule has 4 nitrogen and oxygen atoms in total. The van der Waals surface area contributed by atoms with Crippen molar-refractivity contribution in [2.45, 2.75) is 38.1 Å². The van der Waals surface area contributed by atoms with Gasteiger partial charge in [0.2, 0.25) is 0 Å². The summed E-state index contributed by atoms with van der Waals surface area (Å²) in [7, 11) is 2.19. The molecule has 3 aromatic rings. The van der Waals surface area contributed by atoms with Gasteiger partial charge in [-0.2, -0.15) is 0 Å². The number of anilines is 1. The Kier molecular flexibility index (Phi) is 3.70. The van der Waals surface area contributed by atoms with Gasteiger partial charge in [-0.1, -0.05) is 30.3 Å². The second kappa shape index (κ2) is 6.20. The molecule has 2 aliphatic rings. The highest BCUT2D eigenvalue weighted by Gasteiger charge is 2.30. The van der Waals surface area contributed by atoms with Crippen molar-refractivity contribution in [3.63, 3.8) is 0 Å². The maximum absolute atomic E-state index is 4.98. The predicted molar refractivity (Wildman–Crippen MR) is 103 cm³/mol. The molecule has 1 unspecified atom stereocenters. The molecule has 0 amide bonds. The molecule has 0 saturated carbocycles. The van der Waals surface area contributed by atoms with Gasteiger partial charge < -0.3 is 4.90 Å². The average Bonchev–Trinajstić information content (AvgIpc) is 3.34. The summed E-state index contributed by atoms with van der Waals surface area (Å²) in [6.07, 6.45) is 7.38. The van der Waals surface area contributed by atoms with Crippen LogP contribution in [0.5, 0.6) is 0 Å². The van der Waals surface area contributed by atoms with Crippen LogP contribution in [-0.4, -0.2) is 22.0 Å². The summed E-state index contributed by atoms with van der Waals surface area (Å²) < 4.78 is 0. The molecule has 0 bridgehead atoms. The van der Waals surface area contributed by atoms with Gasteiger partial charge >= 0.3 is 0 Å². The zero-order valence-corrected chi connectivity index (χ0v) is 15.0. The van der Waals surface area contributed by atoms with Crippen molar-refractivity contribution < 1.29 is 0 Å². The summed E-state index contributed by atoms with van der Waals surface area (Å²) in [5, 5.41) is 0. The van der Waals surface area contributed by atoms with E-state index in [-0.39, 0.29) is 0 Å². The molecule has 0 radical (unpaired) electrons. The lowest BCUT2D eigenvalue weighted by molar-refractivity contribution is 0.651. The van der Waals surface area contributed by atoms with Crippen molar-refractivity contribution in [3.05, 3.63) is 71.0 Å². The summed E-state index contributed by atoms with van der Waals surface area (Å²) in [6, 6.07) is 15.1. The van der Waals surface area contributed by atoms with Gasteiger partial charge in [-0.25, -0.2) is 9.97 Å². The highest BCUT2D eigenvalue weighted by molar-refractivity contribution is 5.60. The zero-order valence-electron chi connectivity index (χ0n) is 15.0. The highest BCUT2D eigenvalue weighted by Crippen LogP contribution is 2.40. The molecule has 2 aliphatic carbocycles. The number of fused-ring (bicyclic) bond motifs is 2. The first-order valence-electron chi connectivity index (χ1n) is 9.43. The van der Waals surface area contributed by atoms with Crippen LogP contribution in [0.3, 0.4) is 0 Å². The Labute approximate surface area is 154 Å². The number of nitrogens with zero attached hydrogens (tertiary/aromatic N) is 4. The van der Waals surface area contributed by atoms with E-state index in [1.165, 1.54) is 22.4 Å². The van der Waals surface area contributed by atoms with Crippen molar-refractivity contribution in [3.8, 4) is 11.5 Å². The molecule has 0 aliphatic heterocycles. The molecule has 4 heteroatoms. The minimum absolute atomic E-state index is 0.391. The van der Waals surface area contributed by atoms with Gasteiger partial charge in [-0.3, -0.25) is 4.98 Å². The largest absolute Gasteiger partial charge is 0.352 e. The van der Waals surface area contributed by atoms with E-state index in [1.54, 1.807) is 0 Å². The Morgan fingerprint density at radius 1 is 0.962 bits per heavy atom. The fraction of sp³-hybridized carbons (Fsp3) is 0.318. The van der Waals surface area contributed by atoms with Crippen molar-refractivity contribution in [2.75, 3.05) is 11.9 Å². The smallest absolute Gasteiger partial charge is 0.180 e. The average molecular weight is 342 g/mol. The Hall–Kier alpha value is -2.75. The molecule has 2 aromatic heterocycles. The number of benzene rings is 1. The summed E-state index contributed by atoms with van der Waals surface area (Å²) in [6.45, 7) is 0. The third-order valence-corrected chi connectivity index (χ3v) is 5.71. The minimum atomic E-state index is 0.391. The molecule has 5 rings (SSSR count). The monoisotopic (exact) mass is 342 g/mol. The van der Waals surface area contributed by atoms with Crippen LogP contribution in [0.1, 0.15) is 41.3 Å². The SMILES string of the molecule is CN(c1nc(-c2ccccn2)nc2c1CCC2)C1CCc2ccccc21. The number of aryl methyl sites for hydroxylation is 2. The molecule has 1 aromatic carbocycles. The van der Waals surface area contributed by atoms with Gasteiger partial charge in [-0.15, -0.1) is 0 Å². The summed E-state index contributed by atoms with van der Waals surface area (Å²) in [5.74, 6) is 1.84. The molecule has 0 saturated heterocycles. The van der Waals surface area contributed by atoms with E-state index in [0.717, 1.165) is 49.4 Å². The lowest BCUT2D eigenvalue weighted by Gasteiger charge is -2.28. The Bertz CT molecular complexity index is 952. The van der Waals surface area contributed by atoms with Gasteiger partial charge in [0.05, 0.1) is 6.04 Å². The van der Waals surface area contributed by atoms with Crippen LogP contribution >= 0.6 is 0 Å². The highest BCUT2D eigenvalue weighted by atomic mass is 15.2. The lowest BCUT2D eigenvalue weighted by Crippen LogP contribution is -2.25. The van der Waals surface area contributed by atoms with Crippen molar-refractivity contribution in [1.29, 1.82) is 0 Å². The lowest BCUT2D eigenvalue weighted by atomic mass is 10.1. The van der Waals surface area contributed by atoms with E-state index in [9.17, 15) is 0 Å². The van der Waals surface area contributed by atoms with Crippen LogP contribution in [0.4, 0.5) is 5.82 Å². The standard InChI is InChI=1S/C22H22N4/c1-26(20-13-12-15-7-2-3-8-16(15)20)22-17-9-6-11-18(17)24-21(25-22)19-10-4-5-14-23-19/h2-5,7-8,10,14,20H,6,9,11-13H2,1H3. The van der Waals surface area contributed by atoms with E-state index in [0.29, 0.717) is 6.04 Å². The van der Waals surface area contributed by atoms with Crippen molar-refractivity contribution >= 4 is 5.82 Å². The Morgan fingerprint density at radius 2 is 1.85 bits per heavy atom. The van der Waals surface area contributed by atoms with E-state index in [1.807, 2.05) is 24.4 Å². The van der Waals surface area contributed by atoms with Crippen molar-refractivity contribution in [1.82, 2.24) is 15.0 Å². The quantitative estimate of drug-likeness (QED) is 0.717. The summed E-state index contributed by atoms with van der Waals surface area (Å²) in [4.78, 5) is 16.7. The number of rotatable bonds is 3. The zero-order chi connectivity index (χ0) is 17.5. The predicted octanol–water partition coefficient (Wildman–Crippen LogP) is 4.15. The van der Waals surface area contributed by atoms with Crippen LogP contribution in [0, 0.1) is 0 Å². The molecule has 0 fully saturated rings. The maximum Gasteiger partial charge on any atom is 0.180 e. The number of aromatic nitrogens is 3. The van der Waals surface area contributed by atoms with Gasteiger partial charge in [0, 0.05) is 24.5 Å². The van der Waals surface area contributed by atoms with Gasteiger partial charge in [0.15, 0.2) is 5.82 Å². The number of pyridine rings is 1. The first-order valence-corrected chi connectivity index (χ1v) is 9.43. The molecule has 130 valence electrons. The number of hydrogen-bond acceptors (Lipinski definition) is 4. The fourth-order valence-electron chi connectivity index (χ4n) is 4.40. The third kappa shape index (κ3) is 2.48. The van der Waals surface area contributed by atoms with Crippen LogP contribution in [0.2, 0.25) is 0 Å². The molecular weight excluding hydrogens is 320 g/mol. The summed E-state index contributed by atoms with van der Waals surface area (Å²) >= 11 is 0. The molecule has 26 heavy (non-hydrogen) atoms. The second-order valence-corrected chi connectivity index (χ2v) is 7.23. The molecular formula is C22H22N4. The van der Waals surface area contributed by atoms with E-state index in [4.69, 9.17) is 9.97 Å². The van der Waals surface area contributed by atoms with Crippen LogP contribution in [0.25, 0.3) is 11.5 Å². The van der Waals surface area contributed by atoms with E-state index >= 15 is 0 Å². The fourth-order valence-corrected chi connectivity index (χ4v) is 4.40. The molecule has 0 spiro atoms. The second-order valence-electron chi connectivity index (χ2n) is 7.23. The first kappa shape index (κ1) is 15.5. The van der Waals surface area contributed by atoms with Crippen LogP contribution < -0.4 is 4.90 Å². The van der Waals surface area contributed by atoms with E-state index < -0.39 is 0 Å². The van der Waals surface area contributed by atoms with Crippen LogP contribution in [0.15, 0.2) is 48.7 Å². The molecule has 1 atom stereocenters. The molecule has 2 heterocycles.